The minimum atomic E-state index is -0.608. The molecule has 0 radical (unpaired) electrons. The average Bonchev–Trinajstić information content (AvgIpc) is 2.46. The van der Waals surface area contributed by atoms with E-state index in [1.807, 2.05) is 23.1 Å². The first-order chi connectivity index (χ1) is 9.18. The Hall–Kier alpha value is -1.72. The van der Waals surface area contributed by atoms with Crippen LogP contribution in [0.5, 0.6) is 0 Å². The van der Waals surface area contributed by atoms with E-state index in [9.17, 15) is 9.59 Å². The van der Waals surface area contributed by atoms with E-state index in [0.29, 0.717) is 31.9 Å². The van der Waals surface area contributed by atoms with Crippen LogP contribution in [-0.2, 0) is 9.53 Å². The molecule has 19 heavy (non-hydrogen) atoms. The van der Waals surface area contributed by atoms with Crippen LogP contribution >= 0.6 is 0 Å². The molecule has 0 aromatic heterocycles. The number of benzene rings is 1. The molecule has 102 valence electrons. The lowest BCUT2D eigenvalue weighted by Crippen LogP contribution is -2.55. The molecule has 1 saturated heterocycles. The first-order valence-electron chi connectivity index (χ1n) is 6.36. The van der Waals surface area contributed by atoms with Gasteiger partial charge in [0.2, 0.25) is 5.91 Å². The third-order valence-electron chi connectivity index (χ3n) is 3.06. The SMILES string of the molecule is CC(=O)N[C@@H](C(=O)c1ccccc1)N1CCOCC1. The highest BCUT2D eigenvalue weighted by Gasteiger charge is 2.28. The Morgan fingerprint density at radius 2 is 1.84 bits per heavy atom. The first kappa shape index (κ1) is 13.7. The molecule has 1 fully saturated rings. The highest BCUT2D eigenvalue weighted by molar-refractivity contribution is 6.01. The standard InChI is InChI=1S/C14H18N2O3/c1-11(17)15-14(16-7-9-19-10-8-16)13(18)12-5-3-2-4-6-12/h2-6,14H,7-10H2,1H3,(H,15,17)/t14-/m1/s1. The maximum atomic E-state index is 12.5. The van der Waals surface area contributed by atoms with Gasteiger partial charge in [-0.1, -0.05) is 30.3 Å². The van der Waals surface area contributed by atoms with E-state index in [4.69, 9.17) is 4.74 Å². The Balaban J connectivity index is 2.16. The Bertz CT molecular complexity index is 441. The molecule has 1 N–H and O–H groups in total. The molecule has 0 saturated carbocycles. The molecular weight excluding hydrogens is 244 g/mol. The van der Waals surface area contributed by atoms with Gasteiger partial charge < -0.3 is 10.1 Å². The number of nitrogens with zero attached hydrogens (tertiary/aromatic N) is 1. The number of nitrogens with one attached hydrogen (secondary N) is 1. The summed E-state index contributed by atoms with van der Waals surface area (Å²) in [5, 5.41) is 2.73. The zero-order valence-electron chi connectivity index (χ0n) is 11.0. The molecule has 1 atom stereocenters. The number of carbonyl (C=O) groups excluding carboxylic acids is 2. The van der Waals surface area contributed by atoms with Gasteiger partial charge in [0.25, 0.3) is 0 Å². The van der Waals surface area contributed by atoms with Gasteiger partial charge in [0.05, 0.1) is 13.2 Å². The fraction of sp³-hybridized carbons (Fsp3) is 0.429. The van der Waals surface area contributed by atoms with Crippen molar-refractivity contribution in [3.8, 4) is 0 Å². The predicted molar refractivity (Wildman–Crippen MR) is 70.8 cm³/mol. The smallest absolute Gasteiger partial charge is 0.218 e. The van der Waals surface area contributed by atoms with Gasteiger partial charge in [-0.2, -0.15) is 0 Å². The van der Waals surface area contributed by atoms with Crippen LogP contribution in [-0.4, -0.2) is 49.1 Å². The third kappa shape index (κ3) is 3.62. The number of hydrogen-bond acceptors (Lipinski definition) is 4. The van der Waals surface area contributed by atoms with Gasteiger partial charge in [-0.05, 0) is 0 Å². The van der Waals surface area contributed by atoms with Crippen LogP contribution < -0.4 is 5.32 Å². The van der Waals surface area contributed by atoms with E-state index in [1.54, 1.807) is 12.1 Å². The number of hydrogen-bond donors (Lipinski definition) is 1. The largest absolute Gasteiger partial charge is 0.379 e. The van der Waals surface area contributed by atoms with E-state index in [-0.39, 0.29) is 11.7 Å². The lowest BCUT2D eigenvalue weighted by Gasteiger charge is -2.33. The van der Waals surface area contributed by atoms with Crippen LogP contribution in [0.2, 0.25) is 0 Å². The highest BCUT2D eigenvalue weighted by Crippen LogP contribution is 2.09. The monoisotopic (exact) mass is 262 g/mol. The van der Waals surface area contributed by atoms with Crippen molar-refractivity contribution in [1.82, 2.24) is 10.2 Å². The van der Waals surface area contributed by atoms with Gasteiger partial charge in [0.15, 0.2) is 5.78 Å². The summed E-state index contributed by atoms with van der Waals surface area (Å²) in [6, 6.07) is 9.02. The van der Waals surface area contributed by atoms with Crippen molar-refractivity contribution in [1.29, 1.82) is 0 Å². The van der Waals surface area contributed by atoms with Crippen LogP contribution in [0.3, 0.4) is 0 Å². The topological polar surface area (TPSA) is 58.6 Å². The Morgan fingerprint density at radius 1 is 1.21 bits per heavy atom. The zero-order valence-corrected chi connectivity index (χ0v) is 11.0. The summed E-state index contributed by atoms with van der Waals surface area (Å²) in [6.07, 6.45) is -0.608. The van der Waals surface area contributed by atoms with Crippen LogP contribution in [0, 0.1) is 0 Å². The van der Waals surface area contributed by atoms with Gasteiger partial charge in [-0.3, -0.25) is 14.5 Å². The van der Waals surface area contributed by atoms with Crippen LogP contribution in [0.4, 0.5) is 0 Å². The Labute approximate surface area is 112 Å². The summed E-state index contributed by atoms with van der Waals surface area (Å²) in [6.45, 7) is 3.87. The summed E-state index contributed by atoms with van der Waals surface area (Å²) in [5.74, 6) is -0.293. The lowest BCUT2D eigenvalue weighted by molar-refractivity contribution is -0.121. The van der Waals surface area contributed by atoms with E-state index in [0.717, 1.165) is 0 Å². The van der Waals surface area contributed by atoms with Crippen molar-refractivity contribution in [2.24, 2.45) is 0 Å². The number of rotatable bonds is 4. The quantitative estimate of drug-likeness (QED) is 0.810. The zero-order chi connectivity index (χ0) is 13.7. The van der Waals surface area contributed by atoms with E-state index < -0.39 is 6.17 Å². The molecule has 1 aromatic carbocycles. The number of ether oxygens (including phenoxy) is 1. The van der Waals surface area contributed by atoms with Gasteiger partial charge in [0.1, 0.15) is 6.17 Å². The van der Waals surface area contributed by atoms with Gasteiger partial charge in [0, 0.05) is 25.6 Å². The fourth-order valence-electron chi connectivity index (χ4n) is 2.11. The van der Waals surface area contributed by atoms with E-state index in [2.05, 4.69) is 5.32 Å². The minimum absolute atomic E-state index is 0.0855. The first-order valence-corrected chi connectivity index (χ1v) is 6.36. The van der Waals surface area contributed by atoms with Crippen molar-refractivity contribution < 1.29 is 14.3 Å². The number of morpholine rings is 1. The molecule has 5 heteroatoms. The molecule has 1 amide bonds. The van der Waals surface area contributed by atoms with Crippen molar-refractivity contribution >= 4 is 11.7 Å². The molecule has 1 aromatic rings. The van der Waals surface area contributed by atoms with Crippen molar-refractivity contribution in [3.63, 3.8) is 0 Å². The summed E-state index contributed by atoms with van der Waals surface area (Å²) in [4.78, 5) is 25.7. The summed E-state index contributed by atoms with van der Waals surface area (Å²) in [7, 11) is 0. The minimum Gasteiger partial charge on any atom is -0.379 e. The van der Waals surface area contributed by atoms with Crippen molar-refractivity contribution in [2.45, 2.75) is 13.1 Å². The van der Waals surface area contributed by atoms with Gasteiger partial charge in [-0.25, -0.2) is 0 Å². The van der Waals surface area contributed by atoms with E-state index in [1.165, 1.54) is 6.92 Å². The molecular formula is C14H18N2O3. The maximum Gasteiger partial charge on any atom is 0.218 e. The number of ketones is 1. The molecule has 2 rings (SSSR count). The number of Topliss-reactive ketones (excluding diaryl/α,β-unsaturated/α-hetero) is 1. The maximum absolute atomic E-state index is 12.5. The Morgan fingerprint density at radius 3 is 2.42 bits per heavy atom. The fourth-order valence-corrected chi connectivity index (χ4v) is 2.11. The second kappa shape index (κ2) is 6.45. The second-order valence-electron chi connectivity index (χ2n) is 4.48. The second-order valence-corrected chi connectivity index (χ2v) is 4.48. The van der Waals surface area contributed by atoms with Crippen molar-refractivity contribution in [3.05, 3.63) is 35.9 Å². The molecule has 0 aliphatic carbocycles. The number of amides is 1. The van der Waals surface area contributed by atoms with Crippen LogP contribution in [0.1, 0.15) is 17.3 Å². The van der Waals surface area contributed by atoms with Crippen LogP contribution in [0.15, 0.2) is 30.3 Å². The number of carbonyl (C=O) groups is 2. The van der Waals surface area contributed by atoms with E-state index >= 15 is 0 Å². The highest BCUT2D eigenvalue weighted by atomic mass is 16.5. The summed E-state index contributed by atoms with van der Waals surface area (Å²) < 4.78 is 5.27. The third-order valence-corrected chi connectivity index (χ3v) is 3.06. The van der Waals surface area contributed by atoms with Crippen molar-refractivity contribution in [2.75, 3.05) is 26.3 Å². The lowest BCUT2D eigenvalue weighted by atomic mass is 10.1. The average molecular weight is 262 g/mol. The molecule has 1 heterocycles. The molecule has 0 bridgehead atoms. The normalized spacial score (nSPS) is 17.7. The predicted octanol–water partition coefficient (Wildman–Crippen LogP) is 0.664. The molecule has 5 nitrogen and oxygen atoms in total. The van der Waals surface area contributed by atoms with Gasteiger partial charge in [-0.15, -0.1) is 0 Å². The molecule has 1 aliphatic heterocycles. The van der Waals surface area contributed by atoms with Crippen LogP contribution in [0.25, 0.3) is 0 Å². The Kier molecular flexibility index (Phi) is 4.65. The summed E-state index contributed by atoms with van der Waals surface area (Å²) >= 11 is 0. The molecule has 0 spiro atoms. The molecule has 0 unspecified atom stereocenters. The molecule has 1 aliphatic rings. The van der Waals surface area contributed by atoms with Gasteiger partial charge >= 0.3 is 0 Å². The summed E-state index contributed by atoms with van der Waals surface area (Å²) in [5.41, 5.74) is 0.604.